The monoisotopic (exact) mass is 401 g/mol. The third kappa shape index (κ3) is 3.76. The number of nitrogens with one attached hydrogen (secondary N) is 1. The minimum Gasteiger partial charge on any atom is -0.322 e. The molecule has 0 fully saturated rings. The zero-order chi connectivity index (χ0) is 20.3. The summed E-state index contributed by atoms with van der Waals surface area (Å²) in [4.78, 5) is 12.7. The maximum atomic E-state index is 12.5. The van der Waals surface area contributed by atoms with Crippen LogP contribution in [0.2, 0.25) is 0 Å². The van der Waals surface area contributed by atoms with Crippen LogP contribution in [0.3, 0.4) is 0 Å². The number of benzene rings is 2. The Kier molecular flexibility index (Phi) is 5.76. The average Bonchev–Trinajstić information content (AvgIpc) is 3.11. The summed E-state index contributed by atoms with van der Waals surface area (Å²) in [6.07, 6.45) is 0. The van der Waals surface area contributed by atoms with E-state index in [1.807, 2.05) is 13.0 Å². The molecule has 1 heterocycles. The summed E-state index contributed by atoms with van der Waals surface area (Å²) in [6.45, 7) is 7.08. The van der Waals surface area contributed by atoms with Gasteiger partial charge in [0.1, 0.15) is 5.52 Å². The second kappa shape index (κ2) is 8.07. The smallest absolute Gasteiger partial charge is 0.255 e. The Balaban J connectivity index is 1.78. The van der Waals surface area contributed by atoms with Crippen molar-refractivity contribution in [3.8, 4) is 0 Å². The Morgan fingerprint density at radius 1 is 1.07 bits per heavy atom. The number of fused-ring (bicyclic) bond motifs is 1. The Morgan fingerprint density at radius 2 is 1.75 bits per heavy atom. The lowest BCUT2D eigenvalue weighted by molar-refractivity contribution is 0.102. The molecule has 0 aliphatic heterocycles. The van der Waals surface area contributed by atoms with Crippen molar-refractivity contribution in [2.45, 2.75) is 32.2 Å². The molecular formula is C19H23N5O3S. The maximum absolute atomic E-state index is 12.5. The molecule has 0 radical (unpaired) electrons. The Morgan fingerprint density at radius 3 is 2.36 bits per heavy atom. The summed E-state index contributed by atoms with van der Waals surface area (Å²) in [6, 6.07) is 11.4. The van der Waals surface area contributed by atoms with Crippen LogP contribution in [0, 0.1) is 0 Å². The fourth-order valence-corrected chi connectivity index (χ4v) is 4.43. The highest BCUT2D eigenvalue weighted by Gasteiger charge is 2.21. The molecule has 148 valence electrons. The molecule has 0 aliphatic rings. The van der Waals surface area contributed by atoms with Crippen molar-refractivity contribution in [1.82, 2.24) is 19.3 Å². The molecule has 1 N–H and O–H groups in total. The van der Waals surface area contributed by atoms with Gasteiger partial charge in [-0.3, -0.25) is 4.79 Å². The minimum absolute atomic E-state index is 0.201. The molecule has 8 nitrogen and oxygen atoms in total. The van der Waals surface area contributed by atoms with E-state index in [-0.39, 0.29) is 10.8 Å². The number of rotatable bonds is 7. The fraction of sp³-hybridized carbons (Fsp3) is 0.316. The van der Waals surface area contributed by atoms with Gasteiger partial charge in [0.2, 0.25) is 10.0 Å². The van der Waals surface area contributed by atoms with Crippen molar-refractivity contribution in [2.75, 3.05) is 18.4 Å². The Hall–Kier alpha value is -2.78. The van der Waals surface area contributed by atoms with E-state index in [1.54, 1.807) is 42.8 Å². The van der Waals surface area contributed by atoms with Crippen LogP contribution in [0.1, 0.15) is 31.1 Å². The minimum atomic E-state index is -3.52. The molecule has 0 unspecified atom stereocenters. The number of aromatic nitrogens is 3. The van der Waals surface area contributed by atoms with Crippen LogP contribution in [0.15, 0.2) is 47.4 Å². The summed E-state index contributed by atoms with van der Waals surface area (Å²) in [5.41, 5.74) is 2.48. The van der Waals surface area contributed by atoms with Gasteiger partial charge >= 0.3 is 0 Å². The van der Waals surface area contributed by atoms with Gasteiger partial charge in [0.25, 0.3) is 5.91 Å². The summed E-state index contributed by atoms with van der Waals surface area (Å²) < 4.78 is 28.2. The average molecular weight is 401 g/mol. The van der Waals surface area contributed by atoms with Crippen LogP contribution in [-0.2, 0) is 16.6 Å². The first-order valence-electron chi connectivity index (χ1n) is 9.15. The SMILES string of the molecule is CCN(CC)S(=O)(=O)c1ccc(NC(=O)c2ccc3c(c2)nnn3CC)cc1. The molecule has 0 spiro atoms. The first-order chi connectivity index (χ1) is 13.4. The summed E-state index contributed by atoms with van der Waals surface area (Å²) in [7, 11) is -3.52. The van der Waals surface area contributed by atoms with Crippen LogP contribution in [0.4, 0.5) is 5.69 Å². The standard InChI is InChI=1S/C19H23N5O3S/c1-4-23(5-2)28(26,27)16-10-8-15(9-11-16)20-19(25)14-7-12-18-17(13-14)21-22-24(18)6-3/h7-13H,4-6H2,1-3H3,(H,20,25). The predicted octanol–water partition coefficient (Wildman–Crippen LogP) is 2.73. The molecule has 0 atom stereocenters. The third-order valence-electron chi connectivity index (χ3n) is 4.53. The Labute approximate surface area is 164 Å². The number of aryl methyl sites for hydroxylation is 1. The molecule has 3 rings (SSSR count). The van der Waals surface area contributed by atoms with Crippen molar-refractivity contribution in [3.63, 3.8) is 0 Å². The quantitative estimate of drug-likeness (QED) is 0.656. The van der Waals surface area contributed by atoms with Crippen molar-refractivity contribution in [2.24, 2.45) is 0 Å². The lowest BCUT2D eigenvalue weighted by atomic mass is 10.2. The van der Waals surface area contributed by atoms with E-state index >= 15 is 0 Å². The first kappa shape index (κ1) is 20.0. The van der Waals surface area contributed by atoms with Crippen molar-refractivity contribution in [3.05, 3.63) is 48.0 Å². The molecule has 3 aromatic rings. The van der Waals surface area contributed by atoms with Crippen molar-refractivity contribution < 1.29 is 13.2 Å². The molecule has 28 heavy (non-hydrogen) atoms. The van der Waals surface area contributed by atoms with Gasteiger partial charge in [0, 0.05) is 30.9 Å². The van der Waals surface area contributed by atoms with E-state index in [4.69, 9.17) is 0 Å². The van der Waals surface area contributed by atoms with E-state index in [9.17, 15) is 13.2 Å². The molecule has 0 aliphatic carbocycles. The zero-order valence-electron chi connectivity index (χ0n) is 16.1. The molecular weight excluding hydrogens is 378 g/mol. The number of anilines is 1. The highest BCUT2D eigenvalue weighted by atomic mass is 32.2. The molecule has 1 amide bonds. The number of carbonyl (C=O) groups is 1. The van der Waals surface area contributed by atoms with Gasteiger partial charge in [-0.2, -0.15) is 4.31 Å². The van der Waals surface area contributed by atoms with E-state index in [0.29, 0.717) is 36.4 Å². The van der Waals surface area contributed by atoms with Gasteiger partial charge in [-0.25, -0.2) is 13.1 Å². The second-order valence-electron chi connectivity index (χ2n) is 6.18. The van der Waals surface area contributed by atoms with Gasteiger partial charge in [-0.1, -0.05) is 19.1 Å². The normalized spacial score (nSPS) is 11.9. The molecule has 1 aromatic heterocycles. The largest absolute Gasteiger partial charge is 0.322 e. The van der Waals surface area contributed by atoms with Gasteiger partial charge in [-0.15, -0.1) is 5.10 Å². The number of carbonyl (C=O) groups excluding carboxylic acids is 1. The third-order valence-corrected chi connectivity index (χ3v) is 6.60. The van der Waals surface area contributed by atoms with E-state index < -0.39 is 10.0 Å². The summed E-state index contributed by atoms with van der Waals surface area (Å²) >= 11 is 0. The number of hydrogen-bond acceptors (Lipinski definition) is 5. The highest BCUT2D eigenvalue weighted by Crippen LogP contribution is 2.19. The lowest BCUT2D eigenvalue weighted by Gasteiger charge is -2.18. The zero-order valence-corrected chi connectivity index (χ0v) is 16.9. The van der Waals surface area contributed by atoms with Gasteiger partial charge in [0.05, 0.1) is 10.4 Å². The van der Waals surface area contributed by atoms with Crippen LogP contribution in [0.25, 0.3) is 11.0 Å². The van der Waals surface area contributed by atoms with Gasteiger partial charge in [0.15, 0.2) is 0 Å². The molecule has 2 aromatic carbocycles. The van der Waals surface area contributed by atoms with Crippen molar-refractivity contribution in [1.29, 1.82) is 0 Å². The maximum Gasteiger partial charge on any atom is 0.255 e. The fourth-order valence-electron chi connectivity index (χ4n) is 2.97. The number of nitrogens with zero attached hydrogens (tertiary/aromatic N) is 4. The summed E-state index contributed by atoms with van der Waals surface area (Å²) in [5, 5.41) is 10.9. The topological polar surface area (TPSA) is 97.2 Å². The van der Waals surface area contributed by atoms with Gasteiger partial charge < -0.3 is 5.32 Å². The van der Waals surface area contributed by atoms with Crippen molar-refractivity contribution >= 4 is 32.7 Å². The molecule has 0 saturated heterocycles. The van der Waals surface area contributed by atoms with Crippen LogP contribution in [0.5, 0.6) is 0 Å². The van der Waals surface area contributed by atoms with Crippen LogP contribution < -0.4 is 5.32 Å². The van der Waals surface area contributed by atoms with Crippen LogP contribution >= 0.6 is 0 Å². The van der Waals surface area contributed by atoms with Crippen LogP contribution in [-0.4, -0.2) is 46.7 Å². The predicted molar refractivity (Wildman–Crippen MR) is 108 cm³/mol. The number of hydrogen-bond donors (Lipinski definition) is 1. The molecule has 0 bridgehead atoms. The number of sulfonamides is 1. The van der Waals surface area contributed by atoms with E-state index in [0.717, 1.165) is 5.52 Å². The Bertz CT molecular complexity index is 1090. The molecule has 9 heteroatoms. The highest BCUT2D eigenvalue weighted by molar-refractivity contribution is 7.89. The van der Waals surface area contributed by atoms with E-state index in [2.05, 4.69) is 15.6 Å². The lowest BCUT2D eigenvalue weighted by Crippen LogP contribution is -2.30. The molecule has 0 saturated carbocycles. The number of amides is 1. The van der Waals surface area contributed by atoms with E-state index in [1.165, 1.54) is 16.4 Å². The van der Waals surface area contributed by atoms with Gasteiger partial charge in [-0.05, 0) is 49.4 Å². The first-order valence-corrected chi connectivity index (χ1v) is 10.6. The summed E-state index contributed by atoms with van der Waals surface area (Å²) in [5.74, 6) is -0.299. The second-order valence-corrected chi connectivity index (χ2v) is 8.11.